The Bertz CT molecular complexity index is 681. The van der Waals surface area contributed by atoms with Crippen LogP contribution in [-0.2, 0) is 12.8 Å². The van der Waals surface area contributed by atoms with Crippen molar-refractivity contribution in [2.24, 2.45) is 10.2 Å². The molecule has 2 rings (SSSR count). The molecule has 0 atom stereocenters. The van der Waals surface area contributed by atoms with Gasteiger partial charge in [-0.15, -0.1) is 0 Å². The van der Waals surface area contributed by atoms with Crippen molar-refractivity contribution in [2.75, 3.05) is 0 Å². The lowest BCUT2D eigenvalue weighted by atomic mass is 10.1. The van der Waals surface area contributed by atoms with Crippen molar-refractivity contribution in [2.45, 2.75) is 33.1 Å². The second kappa shape index (κ2) is 8.32. The van der Waals surface area contributed by atoms with Gasteiger partial charge in [-0.2, -0.15) is 10.2 Å². The van der Waals surface area contributed by atoms with Crippen molar-refractivity contribution in [3.63, 3.8) is 0 Å². The summed E-state index contributed by atoms with van der Waals surface area (Å²) in [6.45, 7) is 3.98. The Kier molecular flexibility index (Phi) is 6.15. The van der Waals surface area contributed by atoms with Gasteiger partial charge < -0.3 is 0 Å². The van der Waals surface area contributed by atoms with Gasteiger partial charge in [0.1, 0.15) is 11.6 Å². The van der Waals surface area contributed by atoms with Gasteiger partial charge in [0.15, 0.2) is 0 Å². The summed E-state index contributed by atoms with van der Waals surface area (Å²) >= 11 is 0. The average molecular weight is 314 g/mol. The highest BCUT2D eigenvalue weighted by molar-refractivity contribution is 5.83. The lowest BCUT2D eigenvalue weighted by molar-refractivity contribution is 0.577. The predicted molar refractivity (Wildman–Crippen MR) is 91.4 cm³/mol. The third-order valence-corrected chi connectivity index (χ3v) is 3.53. The second-order valence-corrected chi connectivity index (χ2v) is 5.31. The van der Waals surface area contributed by atoms with Crippen molar-refractivity contribution in [1.29, 1.82) is 0 Å². The van der Waals surface area contributed by atoms with E-state index in [1.54, 1.807) is 6.21 Å². The van der Waals surface area contributed by atoms with E-state index in [0.29, 0.717) is 12.0 Å². The molecule has 0 aliphatic heterocycles. The van der Waals surface area contributed by atoms with E-state index in [4.69, 9.17) is 0 Å². The van der Waals surface area contributed by atoms with E-state index < -0.39 is 11.6 Å². The first-order valence-corrected chi connectivity index (χ1v) is 7.77. The fraction of sp³-hybridized carbons (Fsp3) is 0.263. The number of halogens is 2. The van der Waals surface area contributed by atoms with Crippen LogP contribution in [0.2, 0.25) is 0 Å². The van der Waals surface area contributed by atoms with Crippen LogP contribution in [0.1, 0.15) is 42.5 Å². The number of rotatable bonds is 6. The normalized spacial score (nSPS) is 11.7. The molecule has 0 bridgehead atoms. The molecule has 2 aromatic carbocycles. The van der Waals surface area contributed by atoms with Crippen molar-refractivity contribution in [3.8, 4) is 0 Å². The lowest BCUT2D eigenvalue weighted by Gasteiger charge is -2.02. The van der Waals surface area contributed by atoms with E-state index in [1.807, 2.05) is 31.2 Å². The molecule has 0 saturated carbocycles. The number of nitrogens with zero attached hydrogens (tertiary/aromatic N) is 2. The first-order valence-electron chi connectivity index (χ1n) is 7.77. The maximum atomic E-state index is 13.8. The fourth-order valence-corrected chi connectivity index (χ4v) is 2.21. The smallest absolute Gasteiger partial charge is 0.135 e. The largest absolute Gasteiger partial charge is 0.206 e. The van der Waals surface area contributed by atoms with Gasteiger partial charge in [0.05, 0.1) is 18.0 Å². The molecule has 0 N–H and O–H groups in total. The quantitative estimate of drug-likeness (QED) is 0.533. The molecule has 0 saturated heterocycles. The van der Waals surface area contributed by atoms with Crippen LogP contribution < -0.4 is 0 Å². The van der Waals surface area contributed by atoms with Gasteiger partial charge in [-0.05, 0) is 41.7 Å². The Hall–Kier alpha value is -2.36. The molecule has 23 heavy (non-hydrogen) atoms. The van der Waals surface area contributed by atoms with Gasteiger partial charge in [-0.25, -0.2) is 8.78 Å². The predicted octanol–water partition coefficient (Wildman–Crippen LogP) is 4.93. The highest BCUT2D eigenvalue weighted by atomic mass is 19.1. The van der Waals surface area contributed by atoms with Crippen LogP contribution in [0, 0.1) is 11.6 Å². The third kappa shape index (κ3) is 4.81. The Balaban J connectivity index is 2.06. The Labute approximate surface area is 135 Å². The highest BCUT2D eigenvalue weighted by Crippen LogP contribution is 2.14. The highest BCUT2D eigenvalue weighted by Gasteiger charge is 2.08. The molecule has 0 spiro atoms. The van der Waals surface area contributed by atoms with Crippen LogP contribution in [0.5, 0.6) is 0 Å². The molecule has 120 valence electrons. The second-order valence-electron chi connectivity index (χ2n) is 5.31. The molecular formula is C19H20F2N2. The molecule has 0 amide bonds. The zero-order chi connectivity index (χ0) is 16.7. The Morgan fingerprint density at radius 3 is 2.04 bits per heavy atom. The molecule has 0 radical (unpaired) electrons. The summed E-state index contributed by atoms with van der Waals surface area (Å²) in [7, 11) is 0. The molecule has 0 unspecified atom stereocenters. The zero-order valence-corrected chi connectivity index (χ0v) is 13.4. The minimum absolute atomic E-state index is 0.169. The van der Waals surface area contributed by atoms with Crippen LogP contribution in [0.25, 0.3) is 0 Å². The molecule has 0 heterocycles. The summed E-state index contributed by atoms with van der Waals surface area (Å²) < 4.78 is 27.6. The molecule has 0 fully saturated rings. The van der Waals surface area contributed by atoms with Gasteiger partial charge in [0.25, 0.3) is 0 Å². The third-order valence-electron chi connectivity index (χ3n) is 3.53. The summed E-state index contributed by atoms with van der Waals surface area (Å²) in [5, 5.41) is 7.59. The van der Waals surface area contributed by atoms with E-state index in [2.05, 4.69) is 17.1 Å². The summed E-state index contributed by atoms with van der Waals surface area (Å²) in [5.74, 6) is -1.24. The number of aryl methyl sites for hydroxylation is 2. The number of hydrogen-bond donors (Lipinski definition) is 0. The minimum Gasteiger partial charge on any atom is -0.206 e. The summed E-state index contributed by atoms with van der Waals surface area (Å²) in [6, 6.07) is 10.6. The molecule has 0 aliphatic carbocycles. The molecule has 4 heteroatoms. The monoisotopic (exact) mass is 314 g/mol. The number of benzene rings is 2. The van der Waals surface area contributed by atoms with Crippen LogP contribution >= 0.6 is 0 Å². The Morgan fingerprint density at radius 2 is 1.48 bits per heavy atom. The van der Waals surface area contributed by atoms with Gasteiger partial charge >= 0.3 is 0 Å². The maximum Gasteiger partial charge on any atom is 0.135 e. The molecule has 2 aromatic rings. The Morgan fingerprint density at radius 1 is 0.870 bits per heavy atom. The van der Waals surface area contributed by atoms with Gasteiger partial charge in [0, 0.05) is 0 Å². The first kappa shape index (κ1) is 17.0. The van der Waals surface area contributed by atoms with Crippen LogP contribution in [0.3, 0.4) is 0 Å². The molecular weight excluding hydrogens is 294 g/mol. The summed E-state index contributed by atoms with van der Waals surface area (Å²) in [6.07, 6.45) is 5.39. The van der Waals surface area contributed by atoms with E-state index in [1.165, 1.54) is 17.7 Å². The van der Waals surface area contributed by atoms with Gasteiger partial charge in [-0.1, -0.05) is 44.5 Å². The first-order chi connectivity index (χ1) is 11.1. The van der Waals surface area contributed by atoms with Crippen LogP contribution in [0.4, 0.5) is 8.78 Å². The SMILES string of the molecule is CCCc1ccc(/C=N/N=C/c2c(F)cc(CC)cc2F)cc1. The summed E-state index contributed by atoms with van der Waals surface area (Å²) in [4.78, 5) is 0. The van der Waals surface area contributed by atoms with Gasteiger partial charge in [0.2, 0.25) is 0 Å². The molecule has 0 aromatic heterocycles. The van der Waals surface area contributed by atoms with Crippen molar-refractivity contribution < 1.29 is 8.78 Å². The van der Waals surface area contributed by atoms with Crippen LogP contribution in [0.15, 0.2) is 46.6 Å². The van der Waals surface area contributed by atoms with E-state index in [9.17, 15) is 8.78 Å². The molecule has 2 nitrogen and oxygen atoms in total. The summed E-state index contributed by atoms with van der Waals surface area (Å²) in [5.41, 5.74) is 2.61. The van der Waals surface area contributed by atoms with Gasteiger partial charge in [-0.3, -0.25) is 0 Å². The van der Waals surface area contributed by atoms with Crippen LogP contribution in [-0.4, -0.2) is 12.4 Å². The van der Waals surface area contributed by atoms with E-state index in [0.717, 1.165) is 24.6 Å². The van der Waals surface area contributed by atoms with Crippen molar-refractivity contribution in [1.82, 2.24) is 0 Å². The molecule has 0 aliphatic rings. The fourth-order valence-electron chi connectivity index (χ4n) is 2.21. The van der Waals surface area contributed by atoms with E-state index in [-0.39, 0.29) is 5.56 Å². The minimum atomic E-state index is -0.621. The lowest BCUT2D eigenvalue weighted by Crippen LogP contribution is -1.96. The van der Waals surface area contributed by atoms with E-state index >= 15 is 0 Å². The zero-order valence-electron chi connectivity index (χ0n) is 13.4. The maximum absolute atomic E-state index is 13.8. The number of hydrogen-bond acceptors (Lipinski definition) is 2. The standard InChI is InChI=1S/C19H20F2N2/c1-3-5-15-6-8-16(9-7-15)12-22-23-13-17-18(20)10-14(4-2)11-19(17)21/h6-13H,3-5H2,1-2H3/b22-12+,23-13+. The van der Waals surface area contributed by atoms with Crippen molar-refractivity contribution >= 4 is 12.4 Å². The average Bonchev–Trinajstić information content (AvgIpc) is 2.55. The van der Waals surface area contributed by atoms with Crippen molar-refractivity contribution in [3.05, 3.63) is 70.3 Å². The topological polar surface area (TPSA) is 24.7 Å².